The van der Waals surface area contributed by atoms with E-state index in [0.29, 0.717) is 31.3 Å². The Balaban J connectivity index is 2.09. The van der Waals surface area contributed by atoms with Crippen LogP contribution < -0.4 is 5.73 Å². The smallest absolute Gasteiger partial charge is 0.229 e. The molecule has 0 bridgehead atoms. The predicted molar refractivity (Wildman–Crippen MR) is 64.9 cm³/mol. The molecule has 0 aromatic carbocycles. The van der Waals surface area contributed by atoms with Gasteiger partial charge in [-0.2, -0.15) is 4.98 Å². The number of furan rings is 1. The highest BCUT2D eigenvalue weighted by molar-refractivity contribution is 5.56. The molecular weight excluding hydrogens is 234 g/mol. The van der Waals surface area contributed by atoms with Crippen LogP contribution in [-0.4, -0.2) is 29.4 Å². The van der Waals surface area contributed by atoms with Crippen LogP contribution in [0.3, 0.4) is 0 Å². The fraction of sp³-hybridized carbons (Fsp3) is 0.500. The second kappa shape index (κ2) is 5.79. The third-order valence-corrected chi connectivity index (χ3v) is 2.64. The van der Waals surface area contributed by atoms with Gasteiger partial charge in [-0.05, 0) is 19.9 Å². The number of nitrogens with two attached hydrogens (primary N) is 1. The minimum absolute atomic E-state index is 0.0891. The van der Waals surface area contributed by atoms with E-state index < -0.39 is 0 Å². The van der Waals surface area contributed by atoms with Crippen molar-refractivity contribution in [2.75, 3.05) is 13.2 Å². The molecule has 0 radical (unpaired) electrons. The Morgan fingerprint density at radius 2 is 2.33 bits per heavy atom. The Bertz CT molecular complexity index is 492. The number of nitrogens with zero attached hydrogens (tertiary/aromatic N) is 2. The highest BCUT2D eigenvalue weighted by Crippen LogP contribution is 2.21. The van der Waals surface area contributed by atoms with Gasteiger partial charge < -0.3 is 19.4 Å². The van der Waals surface area contributed by atoms with E-state index in [4.69, 9.17) is 19.4 Å². The normalized spacial score (nSPS) is 12.8. The molecule has 2 aromatic heterocycles. The van der Waals surface area contributed by atoms with Crippen molar-refractivity contribution in [2.45, 2.75) is 26.4 Å². The van der Waals surface area contributed by atoms with Crippen LogP contribution in [0.4, 0.5) is 0 Å². The van der Waals surface area contributed by atoms with Gasteiger partial charge in [0.25, 0.3) is 0 Å². The van der Waals surface area contributed by atoms with Crippen molar-refractivity contribution in [3.8, 4) is 11.4 Å². The molecule has 2 rings (SSSR count). The van der Waals surface area contributed by atoms with Gasteiger partial charge in [0.2, 0.25) is 11.7 Å². The van der Waals surface area contributed by atoms with Crippen LogP contribution in [0.2, 0.25) is 0 Å². The van der Waals surface area contributed by atoms with Gasteiger partial charge in [0.15, 0.2) is 0 Å². The van der Waals surface area contributed by atoms with Crippen LogP contribution in [-0.2, 0) is 11.2 Å². The van der Waals surface area contributed by atoms with E-state index in [1.807, 2.05) is 19.9 Å². The first-order chi connectivity index (χ1) is 8.74. The van der Waals surface area contributed by atoms with Crippen LogP contribution >= 0.6 is 0 Å². The summed E-state index contributed by atoms with van der Waals surface area (Å²) in [4.78, 5) is 4.31. The monoisotopic (exact) mass is 251 g/mol. The highest BCUT2D eigenvalue weighted by atomic mass is 16.5. The molecule has 0 saturated heterocycles. The molecule has 0 spiro atoms. The first-order valence-electron chi connectivity index (χ1n) is 5.93. The summed E-state index contributed by atoms with van der Waals surface area (Å²) in [6.07, 6.45) is 2.03. The molecule has 0 fully saturated rings. The molecule has 98 valence electrons. The van der Waals surface area contributed by atoms with Crippen molar-refractivity contribution in [1.29, 1.82) is 0 Å². The van der Waals surface area contributed by atoms with Gasteiger partial charge in [-0.1, -0.05) is 5.16 Å². The highest BCUT2D eigenvalue weighted by Gasteiger charge is 2.16. The van der Waals surface area contributed by atoms with E-state index in [-0.39, 0.29) is 6.10 Å². The summed E-state index contributed by atoms with van der Waals surface area (Å²) >= 11 is 0. The van der Waals surface area contributed by atoms with Crippen molar-refractivity contribution >= 4 is 0 Å². The zero-order valence-corrected chi connectivity index (χ0v) is 10.5. The van der Waals surface area contributed by atoms with Crippen LogP contribution in [0.5, 0.6) is 0 Å². The Morgan fingerprint density at radius 1 is 1.50 bits per heavy atom. The fourth-order valence-electron chi connectivity index (χ4n) is 1.70. The third-order valence-electron chi connectivity index (χ3n) is 2.64. The lowest BCUT2D eigenvalue weighted by molar-refractivity contribution is 0.0636. The minimum atomic E-state index is -0.0891. The number of ether oxygens (including phenoxy) is 1. The minimum Gasteiger partial charge on any atom is -0.469 e. The number of hydrogen-bond acceptors (Lipinski definition) is 6. The molecule has 6 heteroatoms. The van der Waals surface area contributed by atoms with E-state index >= 15 is 0 Å². The number of hydrogen-bond donors (Lipinski definition) is 1. The van der Waals surface area contributed by atoms with Gasteiger partial charge in [-0.25, -0.2) is 0 Å². The second-order valence-corrected chi connectivity index (χ2v) is 3.92. The van der Waals surface area contributed by atoms with Crippen molar-refractivity contribution < 1.29 is 13.7 Å². The summed E-state index contributed by atoms with van der Waals surface area (Å²) in [5.41, 5.74) is 6.44. The van der Waals surface area contributed by atoms with Crippen molar-refractivity contribution in [3.63, 3.8) is 0 Å². The maximum absolute atomic E-state index is 5.60. The van der Waals surface area contributed by atoms with Gasteiger partial charge >= 0.3 is 0 Å². The summed E-state index contributed by atoms with van der Waals surface area (Å²) in [6, 6.07) is 1.81. The van der Waals surface area contributed by atoms with Crippen molar-refractivity contribution in [1.82, 2.24) is 10.1 Å². The zero-order valence-electron chi connectivity index (χ0n) is 10.5. The Hall–Kier alpha value is -1.66. The summed E-state index contributed by atoms with van der Waals surface area (Å²) in [6.45, 7) is 4.82. The van der Waals surface area contributed by atoms with Gasteiger partial charge in [0.1, 0.15) is 5.76 Å². The number of aromatic nitrogens is 2. The maximum atomic E-state index is 5.60. The van der Waals surface area contributed by atoms with E-state index in [1.54, 1.807) is 6.26 Å². The van der Waals surface area contributed by atoms with Gasteiger partial charge in [-0.15, -0.1) is 0 Å². The quantitative estimate of drug-likeness (QED) is 0.838. The molecule has 0 aliphatic carbocycles. The van der Waals surface area contributed by atoms with E-state index in [0.717, 1.165) is 11.3 Å². The second-order valence-electron chi connectivity index (χ2n) is 3.92. The lowest BCUT2D eigenvalue weighted by Gasteiger charge is -2.11. The average Bonchev–Trinajstić information content (AvgIpc) is 2.97. The van der Waals surface area contributed by atoms with Gasteiger partial charge in [0.05, 0.1) is 24.4 Å². The Labute approximate surface area is 105 Å². The standard InChI is InChI=1S/C12H17N3O3/c1-3-16-9(7-13)6-11-14-12(15-18-11)10-4-5-17-8(10)2/h4-5,9H,3,6-7,13H2,1-2H3. The van der Waals surface area contributed by atoms with Gasteiger partial charge in [-0.3, -0.25) is 0 Å². The summed E-state index contributed by atoms with van der Waals surface area (Å²) in [7, 11) is 0. The van der Waals surface area contributed by atoms with Crippen LogP contribution in [0.25, 0.3) is 11.4 Å². The molecule has 2 N–H and O–H groups in total. The first kappa shape index (κ1) is 12.8. The topological polar surface area (TPSA) is 87.3 Å². The largest absolute Gasteiger partial charge is 0.469 e. The molecule has 1 unspecified atom stereocenters. The van der Waals surface area contributed by atoms with Crippen LogP contribution in [0.1, 0.15) is 18.6 Å². The lowest BCUT2D eigenvalue weighted by atomic mass is 10.2. The molecule has 0 amide bonds. The maximum Gasteiger partial charge on any atom is 0.229 e. The molecular formula is C12H17N3O3. The fourth-order valence-corrected chi connectivity index (χ4v) is 1.70. The molecule has 6 nitrogen and oxygen atoms in total. The lowest BCUT2D eigenvalue weighted by Crippen LogP contribution is -2.26. The Kier molecular flexibility index (Phi) is 4.11. The van der Waals surface area contributed by atoms with Crippen molar-refractivity contribution in [2.24, 2.45) is 5.73 Å². The molecule has 2 heterocycles. The molecule has 0 aliphatic rings. The Morgan fingerprint density at radius 3 is 2.94 bits per heavy atom. The molecule has 2 aromatic rings. The zero-order chi connectivity index (χ0) is 13.0. The summed E-state index contributed by atoms with van der Waals surface area (Å²) in [5, 5.41) is 3.92. The van der Waals surface area contributed by atoms with E-state index in [9.17, 15) is 0 Å². The molecule has 18 heavy (non-hydrogen) atoms. The summed E-state index contributed by atoms with van der Waals surface area (Å²) < 4.78 is 15.8. The number of aryl methyl sites for hydroxylation is 1. The number of rotatable bonds is 6. The van der Waals surface area contributed by atoms with Gasteiger partial charge in [0, 0.05) is 13.2 Å². The SMILES string of the molecule is CCOC(CN)Cc1nc(-c2ccoc2C)no1. The van der Waals surface area contributed by atoms with Crippen LogP contribution in [0.15, 0.2) is 21.3 Å². The average molecular weight is 251 g/mol. The van der Waals surface area contributed by atoms with Crippen LogP contribution in [0, 0.1) is 6.92 Å². The third kappa shape index (κ3) is 2.77. The summed E-state index contributed by atoms with van der Waals surface area (Å²) in [5.74, 6) is 1.82. The van der Waals surface area contributed by atoms with Crippen molar-refractivity contribution in [3.05, 3.63) is 24.0 Å². The molecule has 0 aliphatic heterocycles. The van der Waals surface area contributed by atoms with E-state index in [1.165, 1.54) is 0 Å². The van der Waals surface area contributed by atoms with E-state index in [2.05, 4.69) is 10.1 Å². The molecule has 0 saturated carbocycles. The molecule has 1 atom stereocenters. The first-order valence-corrected chi connectivity index (χ1v) is 5.93. The predicted octanol–water partition coefficient (Wildman–Crippen LogP) is 1.54.